The first-order chi connectivity index (χ1) is 15.5. The van der Waals surface area contributed by atoms with Crippen molar-refractivity contribution in [2.45, 2.75) is 13.1 Å². The first kappa shape index (κ1) is 23.8. The number of urea groups is 1. The van der Waals surface area contributed by atoms with Gasteiger partial charge in [-0.2, -0.15) is 13.2 Å². The molecule has 0 atom stereocenters. The number of rotatable bonds is 5. The molecule has 0 aliphatic rings. The fourth-order valence-corrected chi connectivity index (χ4v) is 3.06. The summed E-state index contributed by atoms with van der Waals surface area (Å²) in [4.78, 5) is 36.0. The van der Waals surface area contributed by atoms with Crippen LogP contribution in [0.25, 0.3) is 0 Å². The minimum absolute atomic E-state index is 0.0898. The maximum atomic E-state index is 12.9. The van der Waals surface area contributed by atoms with Gasteiger partial charge in [0.05, 0.1) is 10.6 Å². The molecule has 0 bridgehead atoms. The summed E-state index contributed by atoms with van der Waals surface area (Å²) in [5.41, 5.74) is 0.366. The minimum Gasteiger partial charge on any atom is -0.322 e. The molecule has 3 aromatic rings. The van der Waals surface area contributed by atoms with Crippen LogP contribution in [0.2, 0.25) is 5.02 Å². The van der Waals surface area contributed by atoms with Gasteiger partial charge in [-0.1, -0.05) is 23.7 Å². The summed E-state index contributed by atoms with van der Waals surface area (Å²) in [6.07, 6.45) is -4.66. The number of benzene rings is 3. The zero-order chi connectivity index (χ0) is 24.2. The molecule has 3 amide bonds. The maximum absolute atomic E-state index is 12.9. The van der Waals surface area contributed by atoms with Gasteiger partial charge in [0.2, 0.25) is 0 Å². The molecule has 0 aliphatic heterocycles. The van der Waals surface area contributed by atoms with Gasteiger partial charge in [0.25, 0.3) is 5.91 Å². The van der Waals surface area contributed by atoms with Gasteiger partial charge in [0.1, 0.15) is 0 Å². The molecule has 0 saturated heterocycles. The van der Waals surface area contributed by atoms with E-state index in [1.54, 1.807) is 24.3 Å². The zero-order valence-electron chi connectivity index (χ0n) is 17.1. The lowest BCUT2D eigenvalue weighted by Crippen LogP contribution is -2.20. The van der Waals surface area contributed by atoms with Crippen LogP contribution in [-0.4, -0.2) is 17.7 Å². The smallest absolute Gasteiger partial charge is 0.322 e. The van der Waals surface area contributed by atoms with Crippen LogP contribution in [0.5, 0.6) is 0 Å². The number of amides is 3. The van der Waals surface area contributed by atoms with Gasteiger partial charge in [-0.15, -0.1) is 0 Å². The molecule has 10 heteroatoms. The quantitative estimate of drug-likeness (QED) is 0.370. The highest BCUT2D eigenvalue weighted by Crippen LogP contribution is 2.36. The van der Waals surface area contributed by atoms with E-state index in [0.717, 1.165) is 12.1 Å². The fraction of sp³-hybridized carbons (Fsp3) is 0.0870. The summed E-state index contributed by atoms with van der Waals surface area (Å²) >= 11 is 5.56. The number of carbonyl (C=O) groups is 3. The van der Waals surface area contributed by atoms with Crippen LogP contribution in [0, 0.1) is 0 Å². The normalized spacial score (nSPS) is 10.9. The number of halogens is 4. The molecule has 3 rings (SSSR count). The Hall–Kier alpha value is -3.85. The number of carbonyl (C=O) groups excluding carboxylic acids is 3. The fourth-order valence-electron chi connectivity index (χ4n) is 2.84. The Balaban J connectivity index is 1.62. The Labute approximate surface area is 191 Å². The second-order valence-electron chi connectivity index (χ2n) is 6.94. The monoisotopic (exact) mass is 475 g/mol. The van der Waals surface area contributed by atoms with Crippen molar-refractivity contribution in [3.63, 3.8) is 0 Å². The Morgan fingerprint density at radius 2 is 1.36 bits per heavy atom. The van der Waals surface area contributed by atoms with Gasteiger partial charge < -0.3 is 16.0 Å². The van der Waals surface area contributed by atoms with Crippen molar-refractivity contribution in [1.82, 2.24) is 0 Å². The van der Waals surface area contributed by atoms with Crippen LogP contribution in [0.1, 0.15) is 33.2 Å². The summed E-state index contributed by atoms with van der Waals surface area (Å²) in [5, 5.41) is 6.96. The summed E-state index contributed by atoms with van der Waals surface area (Å²) in [7, 11) is 0. The molecule has 0 fully saturated rings. The van der Waals surface area contributed by atoms with Crippen LogP contribution < -0.4 is 16.0 Å². The number of ketones is 1. The predicted octanol–water partition coefficient (Wildman–Crippen LogP) is 6.46. The van der Waals surface area contributed by atoms with Crippen LogP contribution in [0.4, 0.5) is 35.0 Å². The highest BCUT2D eigenvalue weighted by Gasteiger charge is 2.33. The van der Waals surface area contributed by atoms with Crippen LogP contribution in [0.3, 0.4) is 0 Å². The number of hydrogen-bond acceptors (Lipinski definition) is 3. The van der Waals surface area contributed by atoms with Crippen LogP contribution in [0.15, 0.2) is 66.7 Å². The highest BCUT2D eigenvalue weighted by molar-refractivity contribution is 6.31. The third kappa shape index (κ3) is 6.33. The summed E-state index contributed by atoms with van der Waals surface area (Å²) in [5.74, 6) is -0.555. The van der Waals surface area contributed by atoms with Gasteiger partial charge >= 0.3 is 12.2 Å². The van der Waals surface area contributed by atoms with Crippen molar-refractivity contribution in [2.75, 3.05) is 16.0 Å². The Kier molecular flexibility index (Phi) is 7.03. The van der Waals surface area contributed by atoms with E-state index in [9.17, 15) is 27.6 Å². The van der Waals surface area contributed by atoms with Crippen LogP contribution in [-0.2, 0) is 6.18 Å². The molecule has 0 aliphatic carbocycles. The summed E-state index contributed by atoms with van der Waals surface area (Å²) in [6, 6.07) is 14.6. The van der Waals surface area contributed by atoms with E-state index in [1.807, 2.05) is 0 Å². The molecule has 0 unspecified atom stereocenters. The number of anilines is 3. The van der Waals surface area contributed by atoms with Crippen molar-refractivity contribution < 1.29 is 27.6 Å². The Bertz CT molecular complexity index is 1210. The lowest BCUT2D eigenvalue weighted by atomic mass is 10.1. The number of alkyl halides is 3. The van der Waals surface area contributed by atoms with Gasteiger partial charge in [-0.05, 0) is 61.5 Å². The van der Waals surface area contributed by atoms with Crippen molar-refractivity contribution in [3.8, 4) is 0 Å². The molecule has 3 aromatic carbocycles. The third-order valence-electron chi connectivity index (χ3n) is 4.46. The number of nitrogens with one attached hydrogen (secondary N) is 3. The van der Waals surface area contributed by atoms with E-state index >= 15 is 0 Å². The predicted molar refractivity (Wildman–Crippen MR) is 120 cm³/mol. The molecule has 33 heavy (non-hydrogen) atoms. The number of hydrogen-bond donors (Lipinski definition) is 3. The highest BCUT2D eigenvalue weighted by atomic mass is 35.5. The summed E-state index contributed by atoms with van der Waals surface area (Å²) in [6.45, 7) is 1.42. The van der Waals surface area contributed by atoms with E-state index in [0.29, 0.717) is 22.5 Å². The zero-order valence-corrected chi connectivity index (χ0v) is 17.8. The Morgan fingerprint density at radius 1 is 0.758 bits per heavy atom. The molecule has 0 heterocycles. The second kappa shape index (κ2) is 9.74. The van der Waals surface area contributed by atoms with Crippen molar-refractivity contribution >= 4 is 46.4 Å². The van der Waals surface area contributed by atoms with E-state index in [1.165, 1.54) is 37.3 Å². The van der Waals surface area contributed by atoms with Gasteiger partial charge in [0.15, 0.2) is 5.78 Å². The largest absolute Gasteiger partial charge is 0.417 e. The van der Waals surface area contributed by atoms with Gasteiger partial charge in [-0.25, -0.2) is 4.79 Å². The minimum atomic E-state index is -4.66. The second-order valence-corrected chi connectivity index (χ2v) is 7.35. The lowest BCUT2D eigenvalue weighted by Gasteiger charge is -2.12. The van der Waals surface area contributed by atoms with Gasteiger partial charge in [0, 0.05) is 28.2 Å². The van der Waals surface area contributed by atoms with Gasteiger partial charge in [-0.3, -0.25) is 9.59 Å². The van der Waals surface area contributed by atoms with E-state index < -0.39 is 28.7 Å². The molecule has 0 spiro atoms. The van der Waals surface area contributed by atoms with Crippen LogP contribution >= 0.6 is 11.6 Å². The average molecular weight is 476 g/mol. The molecular formula is C23H17ClF3N3O3. The molecule has 3 N–H and O–H groups in total. The van der Waals surface area contributed by atoms with Crippen molar-refractivity contribution in [3.05, 3.63) is 88.4 Å². The lowest BCUT2D eigenvalue weighted by molar-refractivity contribution is -0.137. The topological polar surface area (TPSA) is 87.3 Å². The first-order valence-electron chi connectivity index (χ1n) is 9.50. The summed E-state index contributed by atoms with van der Waals surface area (Å²) < 4.78 is 38.8. The molecule has 170 valence electrons. The van der Waals surface area contributed by atoms with Crippen molar-refractivity contribution in [1.29, 1.82) is 0 Å². The third-order valence-corrected chi connectivity index (χ3v) is 4.79. The first-order valence-corrected chi connectivity index (χ1v) is 9.88. The Morgan fingerprint density at radius 3 is 2.00 bits per heavy atom. The maximum Gasteiger partial charge on any atom is 0.417 e. The van der Waals surface area contributed by atoms with Crippen molar-refractivity contribution in [2.24, 2.45) is 0 Å². The molecule has 0 aromatic heterocycles. The molecule has 0 radical (unpaired) electrons. The molecule has 6 nitrogen and oxygen atoms in total. The average Bonchev–Trinajstić information content (AvgIpc) is 2.75. The van der Waals surface area contributed by atoms with E-state index in [-0.39, 0.29) is 11.5 Å². The number of Topliss-reactive ketones (excluding diaryl/α,β-unsaturated/α-hetero) is 1. The SMILES string of the molecule is CC(=O)c1cccc(NC(=O)c2ccc(NC(=O)Nc3ccc(Cl)c(C(F)(F)F)c3)cc2)c1. The standard InChI is InChI=1S/C23H17ClF3N3O3/c1-13(31)15-3-2-4-17(11-15)28-21(32)14-5-7-16(8-6-14)29-22(33)30-18-9-10-20(24)19(12-18)23(25,26)27/h2-12H,1H3,(H,28,32)(H2,29,30,33). The molecular weight excluding hydrogens is 459 g/mol. The molecule has 0 saturated carbocycles. The van der Waals surface area contributed by atoms with E-state index in [4.69, 9.17) is 11.6 Å². The van der Waals surface area contributed by atoms with E-state index in [2.05, 4.69) is 16.0 Å².